The van der Waals surface area contributed by atoms with Crippen molar-refractivity contribution in [2.24, 2.45) is 0 Å². The topological polar surface area (TPSA) is 81.2 Å². The SMILES string of the molecule is Nc1cc([N+](=O)[O-])ccc1Nc1c(Cl)cc(F)cc1Cl. The summed E-state index contributed by atoms with van der Waals surface area (Å²) in [7, 11) is 0. The summed E-state index contributed by atoms with van der Waals surface area (Å²) in [5.74, 6) is -0.567. The second kappa shape index (κ2) is 5.52. The molecule has 3 N–H and O–H groups in total. The van der Waals surface area contributed by atoms with Crippen LogP contribution in [0.5, 0.6) is 0 Å². The van der Waals surface area contributed by atoms with Gasteiger partial charge in [0, 0.05) is 12.1 Å². The summed E-state index contributed by atoms with van der Waals surface area (Å²) in [6.45, 7) is 0. The molecule has 0 radical (unpaired) electrons. The Bertz CT molecular complexity index is 671. The van der Waals surface area contributed by atoms with Crippen LogP contribution in [-0.2, 0) is 0 Å². The van der Waals surface area contributed by atoms with Gasteiger partial charge in [-0.3, -0.25) is 10.1 Å². The number of benzene rings is 2. The van der Waals surface area contributed by atoms with Gasteiger partial charge in [0.25, 0.3) is 5.69 Å². The number of anilines is 3. The first-order valence-electron chi connectivity index (χ1n) is 5.34. The van der Waals surface area contributed by atoms with Crippen molar-refractivity contribution in [3.63, 3.8) is 0 Å². The summed E-state index contributed by atoms with van der Waals surface area (Å²) < 4.78 is 13.1. The quantitative estimate of drug-likeness (QED) is 0.500. The minimum Gasteiger partial charge on any atom is -0.397 e. The number of halogens is 3. The zero-order valence-corrected chi connectivity index (χ0v) is 11.4. The summed E-state index contributed by atoms with van der Waals surface area (Å²) in [6, 6.07) is 6.09. The molecular weight excluding hydrogens is 308 g/mol. The molecule has 0 bridgehead atoms. The van der Waals surface area contributed by atoms with E-state index in [1.54, 1.807) is 0 Å². The fourth-order valence-electron chi connectivity index (χ4n) is 1.57. The highest BCUT2D eigenvalue weighted by molar-refractivity contribution is 6.39. The average molecular weight is 316 g/mol. The molecule has 0 saturated carbocycles. The first kappa shape index (κ1) is 14.4. The predicted molar refractivity (Wildman–Crippen MR) is 77.2 cm³/mol. The van der Waals surface area contributed by atoms with E-state index in [0.29, 0.717) is 5.69 Å². The Morgan fingerprint density at radius 3 is 2.30 bits per heavy atom. The van der Waals surface area contributed by atoms with Crippen molar-refractivity contribution in [3.8, 4) is 0 Å². The van der Waals surface area contributed by atoms with Gasteiger partial charge in [0.15, 0.2) is 0 Å². The molecule has 0 aliphatic heterocycles. The molecule has 0 aromatic heterocycles. The number of nitrogen functional groups attached to an aromatic ring is 1. The number of non-ortho nitro benzene ring substituents is 1. The standard InChI is InChI=1S/C12H8Cl2FN3O2/c13-8-3-6(15)4-9(14)12(8)17-11-2-1-7(18(19)20)5-10(11)16/h1-5,17H,16H2. The van der Waals surface area contributed by atoms with Crippen LogP contribution in [0.25, 0.3) is 0 Å². The predicted octanol–water partition coefficient (Wildman–Crippen LogP) is 4.37. The van der Waals surface area contributed by atoms with Crippen LogP contribution in [0.4, 0.5) is 27.1 Å². The first-order chi connectivity index (χ1) is 9.38. The molecule has 2 aromatic carbocycles. The number of hydrogen-bond donors (Lipinski definition) is 2. The summed E-state index contributed by atoms with van der Waals surface area (Å²) in [5.41, 5.74) is 6.38. The van der Waals surface area contributed by atoms with Gasteiger partial charge in [-0.25, -0.2) is 4.39 Å². The number of nitrogens with two attached hydrogens (primary N) is 1. The van der Waals surface area contributed by atoms with E-state index in [1.165, 1.54) is 18.2 Å². The zero-order valence-electron chi connectivity index (χ0n) is 9.86. The smallest absolute Gasteiger partial charge is 0.271 e. The molecule has 0 fully saturated rings. The molecule has 0 amide bonds. The van der Waals surface area contributed by atoms with Gasteiger partial charge in [0.1, 0.15) is 5.82 Å². The number of nitrogens with zero attached hydrogens (tertiary/aromatic N) is 1. The monoisotopic (exact) mass is 315 g/mol. The van der Waals surface area contributed by atoms with E-state index in [4.69, 9.17) is 28.9 Å². The maximum Gasteiger partial charge on any atom is 0.271 e. The van der Waals surface area contributed by atoms with Crippen LogP contribution in [0.1, 0.15) is 0 Å². The maximum atomic E-state index is 13.1. The van der Waals surface area contributed by atoms with Crippen LogP contribution in [0.15, 0.2) is 30.3 Å². The summed E-state index contributed by atoms with van der Waals surface area (Å²) in [5, 5.41) is 13.6. The van der Waals surface area contributed by atoms with Crippen molar-refractivity contribution in [1.82, 2.24) is 0 Å². The lowest BCUT2D eigenvalue weighted by molar-refractivity contribution is -0.384. The van der Waals surface area contributed by atoms with Gasteiger partial charge in [-0.1, -0.05) is 23.2 Å². The Kier molecular flexibility index (Phi) is 3.96. The summed E-state index contributed by atoms with van der Waals surface area (Å²) >= 11 is 11.8. The molecule has 0 unspecified atom stereocenters. The van der Waals surface area contributed by atoms with E-state index < -0.39 is 10.7 Å². The van der Waals surface area contributed by atoms with Crippen LogP contribution in [0.2, 0.25) is 10.0 Å². The van der Waals surface area contributed by atoms with Gasteiger partial charge in [0.05, 0.1) is 32.0 Å². The Balaban J connectivity index is 2.38. The van der Waals surface area contributed by atoms with Crippen LogP contribution in [0.3, 0.4) is 0 Å². The van der Waals surface area contributed by atoms with Gasteiger partial charge < -0.3 is 11.1 Å². The van der Waals surface area contributed by atoms with Crippen molar-refractivity contribution >= 4 is 46.0 Å². The van der Waals surface area contributed by atoms with Crippen molar-refractivity contribution < 1.29 is 9.31 Å². The molecule has 0 heterocycles. The molecule has 2 rings (SSSR count). The van der Waals surface area contributed by atoms with Gasteiger partial charge in [-0.2, -0.15) is 0 Å². The molecule has 104 valence electrons. The number of hydrogen-bond acceptors (Lipinski definition) is 4. The molecule has 20 heavy (non-hydrogen) atoms. The minimum absolute atomic E-state index is 0.0766. The second-order valence-corrected chi connectivity index (χ2v) is 4.71. The number of rotatable bonds is 3. The summed E-state index contributed by atoms with van der Waals surface area (Å²) in [6.07, 6.45) is 0. The lowest BCUT2D eigenvalue weighted by Crippen LogP contribution is -1.99. The number of nitro groups is 1. The normalized spacial score (nSPS) is 10.3. The van der Waals surface area contributed by atoms with Crippen LogP contribution >= 0.6 is 23.2 Å². The van der Waals surface area contributed by atoms with Crippen LogP contribution in [-0.4, -0.2) is 4.92 Å². The molecule has 0 aliphatic rings. The van der Waals surface area contributed by atoms with Crippen molar-refractivity contribution in [2.45, 2.75) is 0 Å². The minimum atomic E-state index is -0.567. The molecular formula is C12H8Cl2FN3O2. The largest absolute Gasteiger partial charge is 0.397 e. The Morgan fingerprint density at radius 1 is 1.20 bits per heavy atom. The molecule has 0 atom stereocenters. The van der Waals surface area contributed by atoms with Crippen molar-refractivity contribution in [2.75, 3.05) is 11.1 Å². The van der Waals surface area contributed by atoms with Crippen molar-refractivity contribution in [1.29, 1.82) is 0 Å². The highest BCUT2D eigenvalue weighted by Crippen LogP contribution is 2.36. The van der Waals surface area contributed by atoms with Gasteiger partial charge in [0.2, 0.25) is 0 Å². The number of nitro benzene ring substituents is 1. The van der Waals surface area contributed by atoms with Crippen molar-refractivity contribution in [3.05, 3.63) is 56.3 Å². The lowest BCUT2D eigenvalue weighted by atomic mass is 10.2. The Hall–Kier alpha value is -2.05. The zero-order chi connectivity index (χ0) is 14.9. The van der Waals surface area contributed by atoms with Crippen LogP contribution in [0, 0.1) is 15.9 Å². The van der Waals surface area contributed by atoms with Crippen LogP contribution < -0.4 is 11.1 Å². The molecule has 0 spiro atoms. The third-order valence-electron chi connectivity index (χ3n) is 2.51. The van der Waals surface area contributed by atoms with E-state index in [9.17, 15) is 14.5 Å². The summed E-state index contributed by atoms with van der Waals surface area (Å²) in [4.78, 5) is 10.1. The molecule has 0 aliphatic carbocycles. The molecule has 0 saturated heterocycles. The highest BCUT2D eigenvalue weighted by atomic mass is 35.5. The second-order valence-electron chi connectivity index (χ2n) is 3.90. The number of nitrogens with one attached hydrogen (secondary N) is 1. The molecule has 8 heteroatoms. The van der Waals surface area contributed by atoms with Gasteiger partial charge >= 0.3 is 0 Å². The van der Waals surface area contributed by atoms with E-state index in [1.807, 2.05) is 0 Å². The van der Waals surface area contributed by atoms with E-state index in [0.717, 1.165) is 12.1 Å². The fraction of sp³-hybridized carbons (Fsp3) is 0. The Morgan fingerprint density at radius 2 is 1.80 bits per heavy atom. The molecule has 5 nitrogen and oxygen atoms in total. The molecule has 2 aromatic rings. The van der Waals surface area contributed by atoms with E-state index in [2.05, 4.69) is 5.32 Å². The first-order valence-corrected chi connectivity index (χ1v) is 6.09. The van der Waals surface area contributed by atoms with E-state index in [-0.39, 0.29) is 27.1 Å². The lowest BCUT2D eigenvalue weighted by Gasteiger charge is -2.12. The van der Waals surface area contributed by atoms with E-state index >= 15 is 0 Å². The Labute approximate surface area is 123 Å². The highest BCUT2D eigenvalue weighted by Gasteiger charge is 2.12. The fourth-order valence-corrected chi connectivity index (χ4v) is 2.13. The average Bonchev–Trinajstić information content (AvgIpc) is 2.34. The third kappa shape index (κ3) is 2.92. The van der Waals surface area contributed by atoms with Gasteiger partial charge in [-0.05, 0) is 18.2 Å². The van der Waals surface area contributed by atoms with Gasteiger partial charge in [-0.15, -0.1) is 0 Å². The third-order valence-corrected chi connectivity index (χ3v) is 3.11. The maximum absolute atomic E-state index is 13.1.